The molecule has 2 aliphatic heterocycles. The Kier molecular flexibility index (Phi) is 4.75. The Hall–Kier alpha value is -0.440. The minimum Gasteiger partial charge on any atom is -0.0688 e. The Bertz CT molecular complexity index is 655. The molecule has 0 N–H and O–H groups in total. The molecule has 128 valence electrons. The van der Waals surface area contributed by atoms with Crippen molar-refractivity contribution in [2.45, 2.75) is 76.0 Å². The van der Waals surface area contributed by atoms with Gasteiger partial charge >= 0.3 is 0 Å². The van der Waals surface area contributed by atoms with Gasteiger partial charge in [0.15, 0.2) is 0 Å². The van der Waals surface area contributed by atoms with E-state index in [0.29, 0.717) is 0 Å². The largest absolute Gasteiger partial charge is 0.0688 e. The van der Waals surface area contributed by atoms with Crippen molar-refractivity contribution in [2.75, 3.05) is 0 Å². The van der Waals surface area contributed by atoms with Gasteiger partial charge < -0.3 is 0 Å². The smallest absolute Gasteiger partial charge is 0.0152 e. The summed E-state index contributed by atoms with van der Waals surface area (Å²) in [6, 6.07) is 14.2. The van der Waals surface area contributed by atoms with E-state index in [9.17, 15) is 0 Å². The average molecular weight is 356 g/mol. The van der Waals surface area contributed by atoms with Crippen LogP contribution in [0.3, 0.4) is 0 Å². The number of hydrogen-bond acceptors (Lipinski definition) is 0. The quantitative estimate of drug-likeness (QED) is 0.562. The van der Waals surface area contributed by atoms with Gasteiger partial charge in [0.05, 0.1) is 0 Å². The Labute approximate surface area is 149 Å². The van der Waals surface area contributed by atoms with Crippen LogP contribution in [0.15, 0.2) is 36.4 Å². The van der Waals surface area contributed by atoms with Crippen molar-refractivity contribution < 1.29 is 0 Å². The highest BCUT2D eigenvalue weighted by Gasteiger charge is 2.37. The molecule has 2 aromatic carbocycles. The summed E-state index contributed by atoms with van der Waals surface area (Å²) in [5.74, 6) is 0. The first-order valence-electron chi connectivity index (χ1n) is 9.65. The molecule has 0 amide bonds. The Morgan fingerprint density at radius 2 is 0.958 bits per heavy atom. The Morgan fingerprint density at radius 1 is 0.625 bits per heavy atom. The highest BCUT2D eigenvalue weighted by atomic mass is 31.1. The molecule has 0 aliphatic carbocycles. The van der Waals surface area contributed by atoms with Crippen molar-refractivity contribution in [1.82, 2.24) is 0 Å². The van der Waals surface area contributed by atoms with Gasteiger partial charge in [0.25, 0.3) is 0 Å². The van der Waals surface area contributed by atoms with Crippen LogP contribution in [0.25, 0.3) is 10.8 Å². The van der Waals surface area contributed by atoms with Gasteiger partial charge in [-0.05, 0) is 81.8 Å². The van der Waals surface area contributed by atoms with Crippen LogP contribution in [0.1, 0.15) is 53.4 Å². The van der Waals surface area contributed by atoms with Crippen LogP contribution >= 0.6 is 15.8 Å². The second-order valence-corrected chi connectivity index (χ2v) is 14.2. The lowest BCUT2D eigenvalue weighted by molar-refractivity contribution is 0.777. The molecule has 0 bridgehead atoms. The normalized spacial score (nSPS) is 32.0. The maximum Gasteiger partial charge on any atom is -0.0152 e. The fourth-order valence-electron chi connectivity index (χ4n) is 4.97. The molecule has 2 aromatic rings. The number of fused-ring (bicyclic) bond motifs is 1. The number of rotatable bonds is 2. The fraction of sp³-hybridized carbons (Fsp3) is 0.545. The average Bonchev–Trinajstić information content (AvgIpc) is 3.08. The Balaban J connectivity index is 1.91. The van der Waals surface area contributed by atoms with Gasteiger partial charge in [-0.3, -0.25) is 0 Å². The summed E-state index contributed by atoms with van der Waals surface area (Å²) in [6.07, 6.45) is 5.73. The predicted molar refractivity (Wildman–Crippen MR) is 113 cm³/mol. The first-order chi connectivity index (χ1) is 11.6. The van der Waals surface area contributed by atoms with Crippen LogP contribution in [0, 0.1) is 0 Å². The van der Waals surface area contributed by atoms with Crippen LogP contribution in [0.2, 0.25) is 0 Å². The highest BCUT2D eigenvalue weighted by Crippen LogP contribution is 2.59. The minimum absolute atomic E-state index is 0.00533. The van der Waals surface area contributed by atoms with Crippen molar-refractivity contribution in [3.8, 4) is 0 Å². The van der Waals surface area contributed by atoms with E-state index in [2.05, 4.69) is 64.1 Å². The summed E-state index contributed by atoms with van der Waals surface area (Å²) >= 11 is 0. The second kappa shape index (κ2) is 6.70. The molecule has 0 nitrogen and oxygen atoms in total. The molecule has 4 rings (SSSR count). The van der Waals surface area contributed by atoms with E-state index in [-0.39, 0.29) is 15.8 Å². The summed E-state index contributed by atoms with van der Waals surface area (Å²) in [5, 5.41) is 6.49. The predicted octanol–water partition coefficient (Wildman–Crippen LogP) is 6.20. The molecule has 0 saturated carbocycles. The molecule has 2 fully saturated rings. The first-order valence-corrected chi connectivity index (χ1v) is 12.6. The SMILES string of the molecule is C[C@@H]1CC[C@@H](C)P1c1cc2ccccc2cc1P1[C@H](C)CC[C@H]1C. The lowest BCUT2D eigenvalue weighted by Gasteiger charge is -2.30. The van der Waals surface area contributed by atoms with Crippen LogP contribution < -0.4 is 10.6 Å². The number of hydrogen-bond donors (Lipinski definition) is 0. The van der Waals surface area contributed by atoms with Gasteiger partial charge in [-0.15, -0.1) is 0 Å². The minimum atomic E-state index is 0.00533. The van der Waals surface area contributed by atoms with E-state index >= 15 is 0 Å². The third-order valence-corrected chi connectivity index (χ3v) is 13.2. The summed E-state index contributed by atoms with van der Waals surface area (Å²) in [7, 11) is 0.0107. The molecule has 2 saturated heterocycles. The van der Waals surface area contributed by atoms with Crippen molar-refractivity contribution >= 4 is 37.2 Å². The third-order valence-electron chi connectivity index (χ3n) is 6.30. The topological polar surface area (TPSA) is 0 Å². The van der Waals surface area contributed by atoms with E-state index in [1.807, 2.05) is 0 Å². The van der Waals surface area contributed by atoms with Gasteiger partial charge in [0.1, 0.15) is 0 Å². The van der Waals surface area contributed by atoms with Gasteiger partial charge in [-0.2, -0.15) is 0 Å². The lowest BCUT2D eigenvalue weighted by Crippen LogP contribution is -2.29. The summed E-state index contributed by atoms with van der Waals surface area (Å²) in [4.78, 5) is 0. The van der Waals surface area contributed by atoms with Crippen molar-refractivity contribution in [3.05, 3.63) is 36.4 Å². The zero-order chi connectivity index (χ0) is 16.8. The second-order valence-electron chi connectivity index (χ2n) is 8.05. The zero-order valence-electron chi connectivity index (χ0n) is 15.5. The standard InChI is InChI=1S/C22H30P2/c1-15-9-10-16(2)23(15)21-13-19-7-5-6-8-20(19)14-22(21)24-17(3)11-12-18(24)4/h5-8,13-18H,9-12H2,1-4H3/t15-,16-,17-,18-/m1/s1. The Morgan fingerprint density at radius 3 is 1.29 bits per heavy atom. The van der Waals surface area contributed by atoms with E-state index < -0.39 is 0 Å². The van der Waals surface area contributed by atoms with Crippen LogP contribution in [0.4, 0.5) is 0 Å². The van der Waals surface area contributed by atoms with Crippen molar-refractivity contribution in [3.63, 3.8) is 0 Å². The molecule has 0 spiro atoms. The molecule has 0 radical (unpaired) electrons. The van der Waals surface area contributed by atoms with Crippen LogP contribution in [-0.2, 0) is 0 Å². The molecule has 2 heterocycles. The third kappa shape index (κ3) is 2.85. The molecular weight excluding hydrogens is 326 g/mol. The van der Waals surface area contributed by atoms with Crippen LogP contribution in [0.5, 0.6) is 0 Å². The van der Waals surface area contributed by atoms with Gasteiger partial charge in [-0.1, -0.05) is 67.8 Å². The van der Waals surface area contributed by atoms with E-state index in [0.717, 1.165) is 22.6 Å². The summed E-state index contributed by atoms with van der Waals surface area (Å²) in [5.41, 5.74) is 3.60. The fourth-order valence-corrected chi connectivity index (χ4v) is 12.2. The van der Waals surface area contributed by atoms with E-state index in [4.69, 9.17) is 0 Å². The monoisotopic (exact) mass is 356 g/mol. The zero-order valence-corrected chi connectivity index (χ0v) is 17.3. The molecule has 0 aromatic heterocycles. The highest BCUT2D eigenvalue weighted by molar-refractivity contribution is 7.73. The van der Waals surface area contributed by atoms with Crippen molar-refractivity contribution in [1.29, 1.82) is 0 Å². The maximum atomic E-state index is 2.61. The molecule has 2 heteroatoms. The summed E-state index contributed by atoms with van der Waals surface area (Å²) in [6.45, 7) is 10.1. The van der Waals surface area contributed by atoms with Gasteiger partial charge in [0.2, 0.25) is 0 Å². The van der Waals surface area contributed by atoms with E-state index in [1.54, 1.807) is 10.6 Å². The molecule has 2 aliphatic rings. The van der Waals surface area contributed by atoms with Gasteiger partial charge in [0, 0.05) is 0 Å². The number of benzene rings is 2. The molecular formula is C22H30P2. The summed E-state index contributed by atoms with van der Waals surface area (Å²) < 4.78 is 0. The molecule has 4 atom stereocenters. The first kappa shape index (κ1) is 17.0. The lowest BCUT2D eigenvalue weighted by atomic mass is 10.1. The van der Waals surface area contributed by atoms with Crippen molar-refractivity contribution in [2.24, 2.45) is 0 Å². The van der Waals surface area contributed by atoms with Gasteiger partial charge in [-0.25, -0.2) is 0 Å². The van der Waals surface area contributed by atoms with Crippen LogP contribution in [-0.4, -0.2) is 22.6 Å². The molecule has 24 heavy (non-hydrogen) atoms. The van der Waals surface area contributed by atoms with E-state index in [1.165, 1.54) is 36.5 Å². The maximum absolute atomic E-state index is 2.61. The molecule has 0 unspecified atom stereocenters.